The van der Waals surface area contributed by atoms with Crippen LogP contribution in [0.3, 0.4) is 0 Å². The van der Waals surface area contributed by atoms with E-state index in [2.05, 4.69) is 4.98 Å². The van der Waals surface area contributed by atoms with Gasteiger partial charge in [0.25, 0.3) is 5.91 Å². The number of amides is 1. The van der Waals surface area contributed by atoms with Gasteiger partial charge in [0, 0.05) is 56.5 Å². The number of hydrogen-bond donors (Lipinski definition) is 0. The number of aryl methyl sites for hydroxylation is 1. The zero-order valence-corrected chi connectivity index (χ0v) is 18.5. The quantitative estimate of drug-likeness (QED) is 0.695. The number of nitriles is 1. The van der Waals surface area contributed by atoms with Crippen LogP contribution in [0.25, 0.3) is 0 Å². The number of halogens is 3. The van der Waals surface area contributed by atoms with E-state index >= 15 is 0 Å². The van der Waals surface area contributed by atoms with E-state index in [0.717, 1.165) is 11.6 Å². The van der Waals surface area contributed by atoms with Gasteiger partial charge >= 0.3 is 6.18 Å². The van der Waals surface area contributed by atoms with Crippen molar-refractivity contribution in [3.05, 3.63) is 58.9 Å². The second-order valence-corrected chi connectivity index (χ2v) is 8.88. The Morgan fingerprint density at radius 1 is 1.33 bits per heavy atom. The standard InChI is InChI=1S/C24H25F3N4O2/c1-16-4-3-8-29-21(16)22(32)30-9-7-23(15-33-2)14-31(13-18(23)12-30)19-6-5-17(11-28)20(10-19)24(25,26)27/h3-6,8,10,18H,7,9,12-15H2,1-2H3/t18-,23+/m1/s1. The van der Waals surface area contributed by atoms with E-state index in [1.807, 2.05) is 17.9 Å². The molecule has 6 nitrogen and oxygen atoms in total. The summed E-state index contributed by atoms with van der Waals surface area (Å²) in [6.45, 7) is 4.35. The molecule has 1 aromatic carbocycles. The van der Waals surface area contributed by atoms with E-state index < -0.39 is 17.3 Å². The van der Waals surface area contributed by atoms with Crippen LogP contribution in [0.15, 0.2) is 36.5 Å². The van der Waals surface area contributed by atoms with Gasteiger partial charge in [-0.15, -0.1) is 0 Å². The molecule has 2 atom stereocenters. The molecular formula is C24H25F3N4O2. The van der Waals surface area contributed by atoms with Gasteiger partial charge in [0.1, 0.15) is 5.69 Å². The summed E-state index contributed by atoms with van der Waals surface area (Å²) in [6.07, 6.45) is -2.33. The molecule has 1 amide bonds. The molecule has 0 spiro atoms. The third-order valence-corrected chi connectivity index (χ3v) is 6.86. The Morgan fingerprint density at radius 3 is 2.79 bits per heavy atom. The second-order valence-electron chi connectivity index (χ2n) is 8.88. The van der Waals surface area contributed by atoms with Crippen molar-refractivity contribution in [2.45, 2.75) is 19.5 Å². The predicted molar refractivity (Wildman–Crippen MR) is 116 cm³/mol. The molecule has 174 valence electrons. The number of ether oxygens (including phenoxy) is 1. The number of alkyl halides is 3. The number of hydrogen-bond acceptors (Lipinski definition) is 5. The number of fused-ring (bicyclic) bond motifs is 1. The maximum absolute atomic E-state index is 13.5. The Bertz CT molecular complexity index is 1100. The topological polar surface area (TPSA) is 69.5 Å². The molecule has 3 heterocycles. The molecule has 2 fully saturated rings. The first-order valence-corrected chi connectivity index (χ1v) is 10.7. The van der Waals surface area contributed by atoms with E-state index in [4.69, 9.17) is 10.00 Å². The Kier molecular flexibility index (Phi) is 6.06. The van der Waals surface area contributed by atoms with Gasteiger partial charge in [-0.05, 0) is 43.2 Å². The molecule has 33 heavy (non-hydrogen) atoms. The van der Waals surface area contributed by atoms with Crippen molar-refractivity contribution in [1.82, 2.24) is 9.88 Å². The van der Waals surface area contributed by atoms with Crippen LogP contribution in [0, 0.1) is 29.6 Å². The summed E-state index contributed by atoms with van der Waals surface area (Å²) in [5.41, 5.74) is 0.0639. The van der Waals surface area contributed by atoms with Crippen molar-refractivity contribution in [3.63, 3.8) is 0 Å². The van der Waals surface area contributed by atoms with E-state index in [-0.39, 0.29) is 17.2 Å². The van der Waals surface area contributed by atoms with Crippen LogP contribution in [0.4, 0.5) is 18.9 Å². The van der Waals surface area contributed by atoms with E-state index in [1.54, 1.807) is 36.4 Å². The van der Waals surface area contributed by atoms with Gasteiger partial charge in [-0.25, -0.2) is 0 Å². The fourth-order valence-electron chi connectivity index (χ4n) is 5.11. The monoisotopic (exact) mass is 458 g/mol. The van der Waals surface area contributed by atoms with Gasteiger partial charge in [0.2, 0.25) is 0 Å². The lowest BCUT2D eigenvalue weighted by Gasteiger charge is -2.43. The van der Waals surface area contributed by atoms with Crippen molar-refractivity contribution in [2.24, 2.45) is 11.3 Å². The highest BCUT2D eigenvalue weighted by molar-refractivity contribution is 5.93. The Labute approximate surface area is 190 Å². The van der Waals surface area contributed by atoms with Crippen LogP contribution in [0.5, 0.6) is 0 Å². The molecular weight excluding hydrogens is 433 g/mol. The number of pyridine rings is 1. The minimum atomic E-state index is -4.61. The lowest BCUT2D eigenvalue weighted by molar-refractivity contribution is -0.137. The summed E-state index contributed by atoms with van der Waals surface area (Å²) in [6, 6.07) is 9.10. The smallest absolute Gasteiger partial charge is 0.384 e. The van der Waals surface area contributed by atoms with E-state index in [9.17, 15) is 18.0 Å². The fraction of sp³-hybridized carbons (Fsp3) is 0.458. The molecule has 0 saturated carbocycles. The first kappa shape index (κ1) is 23.1. The van der Waals surface area contributed by atoms with Crippen LogP contribution < -0.4 is 4.90 Å². The Morgan fingerprint density at radius 2 is 2.12 bits per heavy atom. The molecule has 2 aliphatic rings. The molecule has 0 unspecified atom stereocenters. The number of piperidine rings is 1. The molecule has 2 aromatic rings. The lowest BCUT2D eigenvalue weighted by Crippen LogP contribution is -2.51. The van der Waals surface area contributed by atoms with Crippen molar-refractivity contribution in [1.29, 1.82) is 5.26 Å². The number of aromatic nitrogens is 1. The zero-order valence-electron chi connectivity index (χ0n) is 18.5. The van der Waals surface area contributed by atoms with Crippen molar-refractivity contribution >= 4 is 11.6 Å². The van der Waals surface area contributed by atoms with Gasteiger partial charge in [0.05, 0.1) is 23.8 Å². The summed E-state index contributed by atoms with van der Waals surface area (Å²) in [5, 5.41) is 9.09. The summed E-state index contributed by atoms with van der Waals surface area (Å²) in [4.78, 5) is 21.1. The number of benzene rings is 1. The molecule has 0 bridgehead atoms. The van der Waals surface area contributed by atoms with Crippen molar-refractivity contribution < 1.29 is 22.7 Å². The van der Waals surface area contributed by atoms with Gasteiger partial charge < -0.3 is 14.5 Å². The van der Waals surface area contributed by atoms with E-state index in [1.165, 1.54) is 6.07 Å². The molecule has 2 saturated heterocycles. The van der Waals surface area contributed by atoms with Crippen LogP contribution in [0.1, 0.15) is 33.6 Å². The highest BCUT2D eigenvalue weighted by atomic mass is 19.4. The van der Waals surface area contributed by atoms with Gasteiger partial charge in [-0.2, -0.15) is 18.4 Å². The predicted octanol–water partition coefficient (Wildman–Crippen LogP) is 3.90. The summed E-state index contributed by atoms with van der Waals surface area (Å²) >= 11 is 0. The van der Waals surface area contributed by atoms with Crippen LogP contribution in [0.2, 0.25) is 0 Å². The number of nitrogens with zero attached hydrogens (tertiary/aromatic N) is 4. The zero-order chi connectivity index (χ0) is 23.8. The molecule has 0 N–H and O–H groups in total. The Hall–Kier alpha value is -3.12. The summed E-state index contributed by atoms with van der Waals surface area (Å²) < 4.78 is 46.0. The average molecular weight is 458 g/mol. The second kappa shape index (κ2) is 8.67. The minimum Gasteiger partial charge on any atom is -0.384 e. The number of anilines is 1. The number of likely N-dealkylation sites (tertiary alicyclic amines) is 1. The van der Waals surface area contributed by atoms with Crippen molar-refractivity contribution in [3.8, 4) is 6.07 Å². The lowest BCUT2D eigenvalue weighted by atomic mass is 9.73. The maximum Gasteiger partial charge on any atom is 0.417 e. The van der Waals surface area contributed by atoms with Gasteiger partial charge in [-0.3, -0.25) is 9.78 Å². The van der Waals surface area contributed by atoms with Crippen molar-refractivity contribution in [2.75, 3.05) is 44.8 Å². The number of rotatable bonds is 4. The first-order valence-electron chi connectivity index (χ1n) is 10.7. The molecule has 0 radical (unpaired) electrons. The fourth-order valence-corrected chi connectivity index (χ4v) is 5.11. The van der Waals surface area contributed by atoms with Crippen LogP contribution in [-0.4, -0.2) is 55.7 Å². The molecule has 2 aliphatic heterocycles. The highest BCUT2D eigenvalue weighted by Gasteiger charge is 2.50. The van der Waals surface area contributed by atoms with E-state index in [0.29, 0.717) is 50.6 Å². The highest BCUT2D eigenvalue weighted by Crippen LogP contribution is 2.45. The number of carbonyl (C=O) groups is 1. The summed E-state index contributed by atoms with van der Waals surface area (Å²) in [5.74, 6) is -0.0977. The van der Waals surface area contributed by atoms with Gasteiger partial charge in [-0.1, -0.05) is 6.07 Å². The molecule has 0 aliphatic carbocycles. The molecule has 4 rings (SSSR count). The number of methoxy groups -OCH3 is 1. The number of carbonyl (C=O) groups excluding carboxylic acids is 1. The summed E-state index contributed by atoms with van der Waals surface area (Å²) in [7, 11) is 1.62. The van der Waals surface area contributed by atoms with Crippen LogP contribution in [-0.2, 0) is 10.9 Å². The largest absolute Gasteiger partial charge is 0.417 e. The minimum absolute atomic E-state index is 0.0316. The van der Waals surface area contributed by atoms with Crippen LogP contribution >= 0.6 is 0 Å². The molecule has 9 heteroatoms. The molecule has 1 aromatic heterocycles. The first-order chi connectivity index (χ1) is 15.7. The maximum atomic E-state index is 13.5. The SMILES string of the molecule is COC[C@@]12CCN(C(=O)c3ncccc3C)C[C@@H]1CN(c1ccc(C#N)c(C(F)(F)F)c1)C2. The Balaban J connectivity index is 1.60. The third-order valence-electron chi connectivity index (χ3n) is 6.86. The van der Waals surface area contributed by atoms with Gasteiger partial charge in [0.15, 0.2) is 0 Å². The third kappa shape index (κ3) is 4.27. The normalized spacial score (nSPS) is 22.7. The average Bonchev–Trinajstić information content (AvgIpc) is 3.16.